The number of hydrogen-bond donors (Lipinski definition) is 2. The van der Waals surface area contributed by atoms with E-state index in [1.54, 1.807) is 0 Å². The lowest BCUT2D eigenvalue weighted by atomic mass is 9.98. The Hall–Kier alpha value is -1.49. The molecule has 0 fully saturated rings. The summed E-state index contributed by atoms with van der Waals surface area (Å²) >= 11 is 3.30. The molecule has 16 heavy (non-hydrogen) atoms. The van der Waals surface area contributed by atoms with Gasteiger partial charge in [0.2, 0.25) is 5.88 Å². The van der Waals surface area contributed by atoms with Crippen molar-refractivity contribution in [2.45, 2.75) is 13.8 Å². The monoisotopic (exact) mass is 282 g/mol. The Labute approximate surface area is 101 Å². The topological polar surface area (TPSA) is 72.3 Å². The van der Waals surface area contributed by atoms with E-state index < -0.39 is 0 Å². The highest BCUT2D eigenvalue weighted by Gasteiger charge is 2.17. The SMILES string of the molecule is Cc1cc(Br)c(O)c(-c2cnoc2N)c1C. The van der Waals surface area contributed by atoms with Crippen molar-refractivity contribution in [2.24, 2.45) is 0 Å². The maximum absolute atomic E-state index is 10.0. The Balaban J connectivity index is 2.79. The van der Waals surface area contributed by atoms with E-state index in [9.17, 15) is 5.11 Å². The quantitative estimate of drug-likeness (QED) is 0.843. The number of rotatable bonds is 1. The van der Waals surface area contributed by atoms with E-state index >= 15 is 0 Å². The van der Waals surface area contributed by atoms with Crippen molar-refractivity contribution >= 4 is 21.8 Å². The number of aryl methyl sites for hydroxylation is 1. The van der Waals surface area contributed by atoms with Gasteiger partial charge in [-0.1, -0.05) is 5.16 Å². The normalized spacial score (nSPS) is 10.7. The number of anilines is 1. The number of halogens is 1. The molecule has 0 unspecified atom stereocenters. The molecule has 3 N–H and O–H groups in total. The van der Waals surface area contributed by atoms with E-state index in [1.165, 1.54) is 6.20 Å². The van der Waals surface area contributed by atoms with Crippen LogP contribution in [0.25, 0.3) is 11.1 Å². The summed E-state index contributed by atoms with van der Waals surface area (Å²) in [7, 11) is 0. The minimum absolute atomic E-state index is 0.151. The van der Waals surface area contributed by atoms with E-state index in [0.29, 0.717) is 15.6 Å². The van der Waals surface area contributed by atoms with Gasteiger partial charge in [0.1, 0.15) is 5.75 Å². The maximum Gasteiger partial charge on any atom is 0.230 e. The molecule has 0 aliphatic rings. The van der Waals surface area contributed by atoms with Crippen molar-refractivity contribution in [1.29, 1.82) is 0 Å². The molecule has 0 spiro atoms. The summed E-state index contributed by atoms with van der Waals surface area (Å²) in [6, 6.07) is 1.86. The molecule has 4 nitrogen and oxygen atoms in total. The molecule has 1 aromatic heterocycles. The van der Waals surface area contributed by atoms with Gasteiger partial charge in [-0.15, -0.1) is 0 Å². The first-order valence-corrected chi connectivity index (χ1v) is 5.51. The predicted molar refractivity (Wildman–Crippen MR) is 65.2 cm³/mol. The molecule has 0 saturated carbocycles. The highest BCUT2D eigenvalue weighted by molar-refractivity contribution is 9.10. The second kappa shape index (κ2) is 3.83. The first-order valence-electron chi connectivity index (χ1n) is 4.71. The van der Waals surface area contributed by atoms with Gasteiger partial charge in [-0.25, -0.2) is 0 Å². The Bertz CT molecular complexity index is 523. The standard InChI is InChI=1S/C11H11BrN2O2/c1-5-3-8(12)10(15)9(6(5)2)7-4-14-16-11(7)13/h3-4,15H,13H2,1-2H3. The van der Waals surface area contributed by atoms with Gasteiger partial charge in [0.05, 0.1) is 16.2 Å². The van der Waals surface area contributed by atoms with Gasteiger partial charge in [0.25, 0.3) is 0 Å². The average molecular weight is 283 g/mol. The zero-order valence-electron chi connectivity index (χ0n) is 8.91. The molecule has 1 heterocycles. The van der Waals surface area contributed by atoms with Crippen molar-refractivity contribution in [3.05, 3.63) is 27.9 Å². The maximum atomic E-state index is 10.0. The largest absolute Gasteiger partial charge is 0.506 e. The molecular formula is C11H11BrN2O2. The van der Waals surface area contributed by atoms with Crippen LogP contribution in [-0.4, -0.2) is 10.3 Å². The molecule has 0 saturated heterocycles. The number of nitrogens with two attached hydrogens (primary N) is 1. The number of nitrogen functional groups attached to an aromatic ring is 1. The molecule has 5 heteroatoms. The Kier molecular flexibility index (Phi) is 2.63. The molecule has 0 amide bonds. The lowest BCUT2D eigenvalue weighted by Gasteiger charge is -2.11. The Morgan fingerprint density at radius 1 is 1.44 bits per heavy atom. The molecule has 0 radical (unpaired) electrons. The summed E-state index contributed by atoms with van der Waals surface area (Å²) < 4.78 is 5.44. The minimum atomic E-state index is 0.151. The summed E-state index contributed by atoms with van der Waals surface area (Å²) in [6.45, 7) is 3.88. The van der Waals surface area contributed by atoms with Crippen LogP contribution in [0.15, 0.2) is 21.3 Å². The number of phenolic OH excluding ortho intramolecular Hbond substituents is 1. The second-order valence-electron chi connectivity index (χ2n) is 3.63. The highest BCUT2D eigenvalue weighted by Crippen LogP contribution is 2.41. The summed E-state index contributed by atoms with van der Waals surface area (Å²) in [6.07, 6.45) is 1.50. The molecule has 84 valence electrons. The number of aromatic nitrogens is 1. The lowest BCUT2D eigenvalue weighted by Crippen LogP contribution is -1.92. The van der Waals surface area contributed by atoms with Crippen LogP contribution >= 0.6 is 15.9 Å². The van der Waals surface area contributed by atoms with E-state index in [-0.39, 0.29) is 11.6 Å². The zero-order valence-corrected chi connectivity index (χ0v) is 10.5. The summed E-state index contributed by atoms with van der Waals surface area (Å²) in [5, 5.41) is 13.6. The number of nitrogens with zero attached hydrogens (tertiary/aromatic N) is 1. The molecule has 0 bridgehead atoms. The van der Waals surface area contributed by atoms with Gasteiger partial charge in [-0.05, 0) is 47.0 Å². The number of hydrogen-bond acceptors (Lipinski definition) is 4. The third kappa shape index (κ3) is 1.57. The van der Waals surface area contributed by atoms with Crippen molar-refractivity contribution in [1.82, 2.24) is 5.16 Å². The minimum Gasteiger partial charge on any atom is -0.506 e. The molecule has 1 aromatic carbocycles. The molecule has 2 rings (SSSR count). The average Bonchev–Trinajstić information content (AvgIpc) is 2.63. The summed E-state index contributed by atoms with van der Waals surface area (Å²) in [5.74, 6) is 0.355. The van der Waals surface area contributed by atoms with Gasteiger partial charge in [0.15, 0.2) is 0 Å². The van der Waals surface area contributed by atoms with Crippen LogP contribution in [-0.2, 0) is 0 Å². The summed E-state index contributed by atoms with van der Waals surface area (Å²) in [4.78, 5) is 0. The van der Waals surface area contributed by atoms with Gasteiger partial charge >= 0.3 is 0 Å². The van der Waals surface area contributed by atoms with E-state index in [2.05, 4.69) is 21.1 Å². The van der Waals surface area contributed by atoms with Crippen LogP contribution in [0.1, 0.15) is 11.1 Å². The molecule has 0 aliphatic carbocycles. The fraction of sp³-hybridized carbons (Fsp3) is 0.182. The first-order chi connectivity index (χ1) is 7.52. The fourth-order valence-corrected chi connectivity index (χ4v) is 2.17. The first kappa shape index (κ1) is 11.0. The third-order valence-corrected chi connectivity index (χ3v) is 3.24. The van der Waals surface area contributed by atoms with Crippen LogP contribution in [0.4, 0.5) is 5.88 Å². The van der Waals surface area contributed by atoms with Crippen molar-refractivity contribution in [3.8, 4) is 16.9 Å². The van der Waals surface area contributed by atoms with Gasteiger partial charge < -0.3 is 15.4 Å². The number of aromatic hydroxyl groups is 1. The Morgan fingerprint density at radius 2 is 2.12 bits per heavy atom. The highest BCUT2D eigenvalue weighted by atomic mass is 79.9. The Morgan fingerprint density at radius 3 is 2.69 bits per heavy atom. The zero-order chi connectivity index (χ0) is 11.9. The van der Waals surface area contributed by atoms with E-state index in [1.807, 2.05) is 19.9 Å². The van der Waals surface area contributed by atoms with Crippen LogP contribution in [0.3, 0.4) is 0 Å². The van der Waals surface area contributed by atoms with E-state index in [0.717, 1.165) is 11.1 Å². The molecule has 0 atom stereocenters. The smallest absolute Gasteiger partial charge is 0.230 e. The van der Waals surface area contributed by atoms with Gasteiger partial charge in [-0.2, -0.15) is 0 Å². The van der Waals surface area contributed by atoms with Crippen LogP contribution in [0.2, 0.25) is 0 Å². The molecule has 0 aliphatic heterocycles. The fourth-order valence-electron chi connectivity index (χ4n) is 1.63. The molecule has 2 aromatic rings. The second-order valence-corrected chi connectivity index (χ2v) is 4.48. The lowest BCUT2D eigenvalue weighted by molar-refractivity contribution is 0.436. The van der Waals surface area contributed by atoms with Crippen LogP contribution in [0.5, 0.6) is 5.75 Å². The number of phenols is 1. The van der Waals surface area contributed by atoms with Crippen molar-refractivity contribution in [2.75, 3.05) is 5.73 Å². The van der Waals surface area contributed by atoms with Gasteiger partial charge in [-0.3, -0.25) is 0 Å². The van der Waals surface area contributed by atoms with Crippen LogP contribution < -0.4 is 5.73 Å². The van der Waals surface area contributed by atoms with Crippen LogP contribution in [0, 0.1) is 13.8 Å². The number of benzene rings is 1. The molecular weight excluding hydrogens is 272 g/mol. The van der Waals surface area contributed by atoms with Gasteiger partial charge in [0, 0.05) is 5.56 Å². The van der Waals surface area contributed by atoms with Crippen molar-refractivity contribution in [3.63, 3.8) is 0 Å². The van der Waals surface area contributed by atoms with Crippen molar-refractivity contribution < 1.29 is 9.63 Å². The third-order valence-electron chi connectivity index (χ3n) is 2.64. The summed E-state index contributed by atoms with van der Waals surface area (Å²) in [5.41, 5.74) is 8.93. The predicted octanol–water partition coefficient (Wildman–Crippen LogP) is 3.01. The van der Waals surface area contributed by atoms with E-state index in [4.69, 9.17) is 10.3 Å².